The van der Waals surface area contributed by atoms with Crippen molar-refractivity contribution in [1.82, 2.24) is 0 Å². The standard InChI is InChI=1S/C14H21NO3/c1-4-13(14(16)17)18-12-9-7-8-11(10-12)15(5-2)6-3/h7-10,13H,4-6H2,1-3H3,(H,16,17). The van der Waals surface area contributed by atoms with Gasteiger partial charge in [-0.1, -0.05) is 13.0 Å². The molecule has 0 bridgehead atoms. The van der Waals surface area contributed by atoms with E-state index in [1.54, 1.807) is 13.0 Å². The highest BCUT2D eigenvalue weighted by Gasteiger charge is 2.16. The van der Waals surface area contributed by atoms with E-state index in [2.05, 4.69) is 18.7 Å². The zero-order chi connectivity index (χ0) is 13.5. The molecule has 0 saturated heterocycles. The van der Waals surface area contributed by atoms with E-state index in [4.69, 9.17) is 9.84 Å². The van der Waals surface area contributed by atoms with Crippen LogP contribution >= 0.6 is 0 Å². The number of carboxylic acid groups (broad SMARTS) is 1. The Bertz CT molecular complexity index is 388. The highest BCUT2D eigenvalue weighted by molar-refractivity contribution is 5.72. The Kier molecular flexibility index (Phi) is 5.49. The summed E-state index contributed by atoms with van der Waals surface area (Å²) in [7, 11) is 0. The number of aliphatic carboxylic acids is 1. The Morgan fingerprint density at radius 1 is 1.33 bits per heavy atom. The molecule has 0 amide bonds. The second kappa shape index (κ2) is 6.89. The van der Waals surface area contributed by atoms with Gasteiger partial charge in [-0.15, -0.1) is 0 Å². The molecule has 0 fully saturated rings. The van der Waals surface area contributed by atoms with Crippen LogP contribution in [0.5, 0.6) is 5.75 Å². The lowest BCUT2D eigenvalue weighted by Gasteiger charge is -2.22. The van der Waals surface area contributed by atoms with Crippen LogP contribution in [0, 0.1) is 0 Å². The maximum atomic E-state index is 10.9. The van der Waals surface area contributed by atoms with Crippen molar-refractivity contribution in [3.63, 3.8) is 0 Å². The van der Waals surface area contributed by atoms with E-state index in [0.29, 0.717) is 12.2 Å². The van der Waals surface area contributed by atoms with Crippen LogP contribution in [-0.2, 0) is 4.79 Å². The van der Waals surface area contributed by atoms with Gasteiger partial charge in [0.25, 0.3) is 0 Å². The van der Waals surface area contributed by atoms with E-state index in [1.165, 1.54) is 0 Å². The van der Waals surface area contributed by atoms with Gasteiger partial charge in [0.05, 0.1) is 0 Å². The second-order valence-electron chi connectivity index (χ2n) is 4.02. The molecular formula is C14H21NO3. The third kappa shape index (κ3) is 3.65. The van der Waals surface area contributed by atoms with Gasteiger partial charge in [0.15, 0.2) is 6.10 Å². The largest absolute Gasteiger partial charge is 0.479 e. The molecule has 0 aliphatic rings. The Morgan fingerprint density at radius 2 is 2.00 bits per heavy atom. The number of rotatable bonds is 7. The van der Waals surface area contributed by atoms with E-state index >= 15 is 0 Å². The molecule has 1 aromatic rings. The van der Waals surface area contributed by atoms with Crippen LogP contribution in [0.1, 0.15) is 27.2 Å². The second-order valence-corrected chi connectivity index (χ2v) is 4.02. The highest BCUT2D eigenvalue weighted by atomic mass is 16.5. The van der Waals surface area contributed by atoms with Crippen molar-refractivity contribution in [2.24, 2.45) is 0 Å². The van der Waals surface area contributed by atoms with Crippen LogP contribution in [0.2, 0.25) is 0 Å². The summed E-state index contributed by atoms with van der Waals surface area (Å²) in [5.41, 5.74) is 1.05. The molecule has 0 radical (unpaired) electrons. The molecule has 1 aromatic carbocycles. The van der Waals surface area contributed by atoms with Crippen molar-refractivity contribution in [3.05, 3.63) is 24.3 Å². The Labute approximate surface area is 108 Å². The van der Waals surface area contributed by atoms with E-state index in [0.717, 1.165) is 18.8 Å². The van der Waals surface area contributed by atoms with Crippen LogP contribution in [-0.4, -0.2) is 30.3 Å². The quantitative estimate of drug-likeness (QED) is 0.809. The first-order valence-electron chi connectivity index (χ1n) is 6.36. The minimum atomic E-state index is -0.925. The fraction of sp³-hybridized carbons (Fsp3) is 0.500. The molecule has 100 valence electrons. The summed E-state index contributed by atoms with van der Waals surface area (Å²) >= 11 is 0. The van der Waals surface area contributed by atoms with Crippen molar-refractivity contribution in [2.45, 2.75) is 33.3 Å². The van der Waals surface area contributed by atoms with Crippen molar-refractivity contribution >= 4 is 11.7 Å². The predicted molar refractivity (Wildman–Crippen MR) is 72.3 cm³/mol. The molecule has 1 atom stereocenters. The average Bonchev–Trinajstić information content (AvgIpc) is 2.37. The zero-order valence-corrected chi connectivity index (χ0v) is 11.2. The average molecular weight is 251 g/mol. The lowest BCUT2D eigenvalue weighted by Crippen LogP contribution is -2.26. The lowest BCUT2D eigenvalue weighted by atomic mass is 10.2. The van der Waals surface area contributed by atoms with E-state index < -0.39 is 12.1 Å². The fourth-order valence-electron chi connectivity index (χ4n) is 1.81. The fourth-order valence-corrected chi connectivity index (χ4v) is 1.81. The Morgan fingerprint density at radius 3 is 2.50 bits per heavy atom. The van der Waals surface area contributed by atoms with Crippen molar-refractivity contribution < 1.29 is 14.6 Å². The molecule has 4 nitrogen and oxygen atoms in total. The smallest absolute Gasteiger partial charge is 0.344 e. The minimum Gasteiger partial charge on any atom is -0.479 e. The number of hydrogen-bond acceptors (Lipinski definition) is 3. The van der Waals surface area contributed by atoms with Gasteiger partial charge >= 0.3 is 5.97 Å². The summed E-state index contributed by atoms with van der Waals surface area (Å²) in [5, 5.41) is 8.97. The highest BCUT2D eigenvalue weighted by Crippen LogP contribution is 2.22. The zero-order valence-electron chi connectivity index (χ0n) is 11.2. The molecule has 1 N–H and O–H groups in total. The third-order valence-electron chi connectivity index (χ3n) is 2.87. The van der Waals surface area contributed by atoms with Crippen LogP contribution in [0.4, 0.5) is 5.69 Å². The molecule has 0 heterocycles. The molecule has 0 aliphatic heterocycles. The van der Waals surface area contributed by atoms with E-state index in [1.807, 2.05) is 18.2 Å². The van der Waals surface area contributed by atoms with Gasteiger partial charge in [-0.05, 0) is 32.4 Å². The van der Waals surface area contributed by atoms with Gasteiger partial charge in [-0.25, -0.2) is 4.79 Å². The lowest BCUT2D eigenvalue weighted by molar-refractivity contribution is -0.145. The first kappa shape index (κ1) is 14.4. The van der Waals surface area contributed by atoms with E-state index in [9.17, 15) is 4.79 Å². The monoisotopic (exact) mass is 251 g/mol. The first-order chi connectivity index (χ1) is 8.62. The number of hydrogen-bond donors (Lipinski definition) is 1. The Hall–Kier alpha value is -1.71. The van der Waals surface area contributed by atoms with Crippen LogP contribution < -0.4 is 9.64 Å². The number of carbonyl (C=O) groups is 1. The van der Waals surface area contributed by atoms with Gasteiger partial charge in [0.2, 0.25) is 0 Å². The maximum absolute atomic E-state index is 10.9. The SMILES string of the molecule is CCC(Oc1cccc(N(CC)CC)c1)C(=O)O. The van der Waals surface area contributed by atoms with Crippen LogP contribution in [0.15, 0.2) is 24.3 Å². The predicted octanol–water partition coefficient (Wildman–Crippen LogP) is 2.77. The summed E-state index contributed by atoms with van der Waals surface area (Å²) < 4.78 is 5.48. The molecule has 1 rings (SSSR count). The molecule has 0 spiro atoms. The number of anilines is 1. The normalized spacial score (nSPS) is 11.9. The molecular weight excluding hydrogens is 230 g/mol. The van der Waals surface area contributed by atoms with Crippen molar-refractivity contribution in [1.29, 1.82) is 0 Å². The third-order valence-corrected chi connectivity index (χ3v) is 2.87. The van der Waals surface area contributed by atoms with Crippen molar-refractivity contribution in [3.8, 4) is 5.75 Å². The van der Waals surface area contributed by atoms with Gasteiger partial charge in [0, 0.05) is 24.8 Å². The molecule has 4 heteroatoms. The van der Waals surface area contributed by atoms with E-state index in [-0.39, 0.29) is 0 Å². The molecule has 18 heavy (non-hydrogen) atoms. The van der Waals surface area contributed by atoms with Crippen molar-refractivity contribution in [2.75, 3.05) is 18.0 Å². The summed E-state index contributed by atoms with van der Waals surface area (Å²) in [6, 6.07) is 7.57. The topological polar surface area (TPSA) is 49.8 Å². The number of ether oxygens (including phenoxy) is 1. The summed E-state index contributed by atoms with van der Waals surface area (Å²) in [6.45, 7) is 7.80. The molecule has 0 aromatic heterocycles. The summed E-state index contributed by atoms with van der Waals surface area (Å²) in [5.74, 6) is -0.320. The van der Waals surface area contributed by atoms with Gasteiger partial charge in [-0.3, -0.25) is 0 Å². The minimum absolute atomic E-state index is 0.449. The number of benzene rings is 1. The summed E-state index contributed by atoms with van der Waals surface area (Å²) in [6.07, 6.45) is -0.331. The summed E-state index contributed by atoms with van der Waals surface area (Å²) in [4.78, 5) is 13.1. The number of nitrogens with zero attached hydrogens (tertiary/aromatic N) is 1. The number of carboxylic acids is 1. The molecule has 1 unspecified atom stereocenters. The molecule has 0 saturated carbocycles. The van der Waals surface area contributed by atoms with Gasteiger partial charge in [-0.2, -0.15) is 0 Å². The van der Waals surface area contributed by atoms with Crippen LogP contribution in [0.25, 0.3) is 0 Å². The molecule has 0 aliphatic carbocycles. The first-order valence-corrected chi connectivity index (χ1v) is 6.36. The van der Waals surface area contributed by atoms with Gasteiger partial charge in [0.1, 0.15) is 5.75 Å². The Balaban J connectivity index is 2.84. The van der Waals surface area contributed by atoms with Gasteiger partial charge < -0.3 is 14.7 Å². The maximum Gasteiger partial charge on any atom is 0.344 e. The van der Waals surface area contributed by atoms with Crippen LogP contribution in [0.3, 0.4) is 0 Å².